The summed E-state index contributed by atoms with van der Waals surface area (Å²) in [5.41, 5.74) is -0.173. The van der Waals surface area contributed by atoms with E-state index >= 15 is 0 Å². The molecule has 114 valence electrons. The molecule has 2 rings (SSSR count). The summed E-state index contributed by atoms with van der Waals surface area (Å²) in [7, 11) is 0. The number of aliphatic hydroxyl groups is 2. The van der Waals surface area contributed by atoms with Gasteiger partial charge in [-0.2, -0.15) is 16.1 Å². The van der Waals surface area contributed by atoms with Gasteiger partial charge >= 0.3 is 0 Å². The van der Waals surface area contributed by atoms with Crippen molar-refractivity contribution in [2.45, 2.75) is 25.4 Å². The number of tetrazole rings is 1. The van der Waals surface area contributed by atoms with Crippen LogP contribution in [0, 0.1) is 0 Å². The topological polar surface area (TPSA) is 113 Å². The van der Waals surface area contributed by atoms with E-state index in [1.165, 1.54) is 16.1 Å². The smallest absolute Gasteiger partial charge is 0.244 e. The molecule has 3 N–H and O–H groups in total. The lowest BCUT2D eigenvalue weighted by atomic mass is 9.98. The van der Waals surface area contributed by atoms with Gasteiger partial charge in [0.2, 0.25) is 11.7 Å². The number of nitrogens with zero attached hydrogens (tertiary/aromatic N) is 4. The largest absolute Gasteiger partial charge is 0.394 e. The first-order valence-corrected chi connectivity index (χ1v) is 7.40. The minimum Gasteiger partial charge on any atom is -0.394 e. The number of carbonyl (C=O) groups excluding carboxylic acids is 1. The van der Waals surface area contributed by atoms with Crippen molar-refractivity contribution in [1.82, 2.24) is 25.5 Å². The van der Waals surface area contributed by atoms with Crippen LogP contribution in [0.5, 0.6) is 0 Å². The Morgan fingerprint density at radius 1 is 1.48 bits per heavy atom. The summed E-state index contributed by atoms with van der Waals surface area (Å²) in [6.07, 6.45) is 0.413. The van der Waals surface area contributed by atoms with Gasteiger partial charge in [-0.15, -0.1) is 10.2 Å². The zero-order chi connectivity index (χ0) is 15.3. The van der Waals surface area contributed by atoms with Gasteiger partial charge in [-0.1, -0.05) is 6.92 Å². The average molecular weight is 311 g/mol. The molecule has 0 fully saturated rings. The van der Waals surface area contributed by atoms with Crippen LogP contribution < -0.4 is 5.32 Å². The Morgan fingerprint density at radius 2 is 2.24 bits per heavy atom. The molecule has 9 heteroatoms. The van der Waals surface area contributed by atoms with Crippen molar-refractivity contribution in [3.63, 3.8) is 0 Å². The Hall–Kier alpha value is -1.84. The van der Waals surface area contributed by atoms with Gasteiger partial charge in [0.15, 0.2) is 0 Å². The van der Waals surface area contributed by atoms with Gasteiger partial charge < -0.3 is 15.5 Å². The highest BCUT2D eigenvalue weighted by atomic mass is 32.1. The fraction of sp³-hybridized carbons (Fsp3) is 0.500. The molecule has 0 aliphatic heterocycles. The van der Waals surface area contributed by atoms with Crippen LogP contribution >= 0.6 is 11.3 Å². The molecule has 0 bridgehead atoms. The van der Waals surface area contributed by atoms with Crippen molar-refractivity contribution >= 4 is 17.2 Å². The molecule has 0 saturated carbocycles. The van der Waals surface area contributed by atoms with Crippen LogP contribution in [-0.4, -0.2) is 55.1 Å². The number of thiophene rings is 1. The van der Waals surface area contributed by atoms with Crippen molar-refractivity contribution in [3.8, 4) is 11.4 Å². The minimum absolute atomic E-state index is 0.126. The molecule has 0 unspecified atom stereocenters. The molecule has 8 nitrogen and oxygen atoms in total. The van der Waals surface area contributed by atoms with Gasteiger partial charge in [-0.25, -0.2) is 0 Å². The molecule has 2 aromatic rings. The summed E-state index contributed by atoms with van der Waals surface area (Å²) in [6, 6.07) is 1.87. The van der Waals surface area contributed by atoms with Crippen molar-refractivity contribution in [3.05, 3.63) is 16.8 Å². The molecular formula is C12H17N5O3S. The monoisotopic (exact) mass is 311 g/mol. The summed E-state index contributed by atoms with van der Waals surface area (Å²) >= 11 is 1.52. The van der Waals surface area contributed by atoms with Crippen LogP contribution in [0.25, 0.3) is 11.4 Å². The summed E-state index contributed by atoms with van der Waals surface area (Å²) in [6.45, 7) is 0.974. The highest BCUT2D eigenvalue weighted by Crippen LogP contribution is 2.16. The minimum atomic E-state index is -1.02. The Kier molecular flexibility index (Phi) is 4.99. The van der Waals surface area contributed by atoms with Crippen LogP contribution in [0.3, 0.4) is 0 Å². The quantitative estimate of drug-likeness (QED) is 0.644. The lowest BCUT2D eigenvalue weighted by Gasteiger charge is -2.29. The van der Waals surface area contributed by atoms with E-state index in [0.29, 0.717) is 12.2 Å². The van der Waals surface area contributed by atoms with E-state index < -0.39 is 11.4 Å². The predicted molar refractivity (Wildman–Crippen MR) is 76.5 cm³/mol. The zero-order valence-electron chi connectivity index (χ0n) is 11.6. The Morgan fingerprint density at radius 3 is 2.81 bits per heavy atom. The van der Waals surface area contributed by atoms with Crippen molar-refractivity contribution < 1.29 is 15.0 Å². The number of amides is 1. The van der Waals surface area contributed by atoms with Crippen molar-refractivity contribution in [2.75, 3.05) is 13.2 Å². The van der Waals surface area contributed by atoms with E-state index in [-0.39, 0.29) is 19.8 Å². The van der Waals surface area contributed by atoms with E-state index in [9.17, 15) is 15.0 Å². The number of hydrogen-bond acceptors (Lipinski definition) is 7. The Labute approximate surface area is 125 Å². The number of carbonyl (C=O) groups is 1. The molecular weight excluding hydrogens is 294 g/mol. The van der Waals surface area contributed by atoms with Gasteiger partial charge in [0.1, 0.15) is 6.54 Å². The molecule has 0 aromatic carbocycles. The lowest BCUT2D eigenvalue weighted by molar-refractivity contribution is -0.125. The first-order valence-electron chi connectivity index (χ1n) is 6.45. The van der Waals surface area contributed by atoms with E-state index in [4.69, 9.17) is 0 Å². The second kappa shape index (κ2) is 6.74. The molecule has 2 heterocycles. The highest BCUT2D eigenvalue weighted by molar-refractivity contribution is 7.08. The fourth-order valence-electron chi connectivity index (χ4n) is 1.72. The van der Waals surface area contributed by atoms with Gasteiger partial charge in [0, 0.05) is 10.9 Å². The molecule has 21 heavy (non-hydrogen) atoms. The number of hydrogen-bond donors (Lipinski definition) is 3. The van der Waals surface area contributed by atoms with E-state index in [2.05, 4.69) is 20.7 Å². The van der Waals surface area contributed by atoms with Crippen molar-refractivity contribution in [2.24, 2.45) is 0 Å². The second-order valence-corrected chi connectivity index (χ2v) is 5.43. The Balaban J connectivity index is 2.00. The van der Waals surface area contributed by atoms with E-state index in [1.807, 2.05) is 16.8 Å². The molecule has 0 atom stereocenters. The van der Waals surface area contributed by atoms with Gasteiger partial charge in [-0.3, -0.25) is 4.79 Å². The molecule has 0 spiro atoms. The van der Waals surface area contributed by atoms with Gasteiger partial charge in [0.05, 0.1) is 18.8 Å². The molecule has 0 aliphatic rings. The van der Waals surface area contributed by atoms with E-state index in [0.717, 1.165) is 5.56 Å². The standard InChI is InChI=1S/C12H17N5O3S/c1-2-12(7-18,8-19)13-10(20)5-17-15-11(14-16-17)9-3-4-21-6-9/h3-4,6,18-19H,2,5,7-8H2,1H3,(H,13,20). The number of nitrogens with one attached hydrogen (secondary N) is 1. The third-order valence-electron chi connectivity index (χ3n) is 3.20. The van der Waals surface area contributed by atoms with Crippen LogP contribution in [0.1, 0.15) is 13.3 Å². The molecule has 0 saturated heterocycles. The normalized spacial score (nSPS) is 11.6. The molecule has 0 radical (unpaired) electrons. The van der Waals surface area contributed by atoms with Crippen LogP contribution in [-0.2, 0) is 11.3 Å². The van der Waals surface area contributed by atoms with Crippen LogP contribution in [0.2, 0.25) is 0 Å². The molecule has 1 amide bonds. The zero-order valence-corrected chi connectivity index (χ0v) is 12.4. The summed E-state index contributed by atoms with van der Waals surface area (Å²) < 4.78 is 0. The van der Waals surface area contributed by atoms with Crippen molar-refractivity contribution in [1.29, 1.82) is 0 Å². The Bertz CT molecular complexity index is 571. The number of aromatic nitrogens is 4. The third kappa shape index (κ3) is 3.63. The summed E-state index contributed by atoms with van der Waals surface area (Å²) in [4.78, 5) is 13.1. The van der Waals surface area contributed by atoms with Gasteiger partial charge in [-0.05, 0) is 23.1 Å². The maximum absolute atomic E-state index is 11.9. The number of aliphatic hydroxyl groups excluding tert-OH is 2. The fourth-order valence-corrected chi connectivity index (χ4v) is 2.36. The van der Waals surface area contributed by atoms with Crippen LogP contribution in [0.4, 0.5) is 0 Å². The van der Waals surface area contributed by atoms with E-state index in [1.54, 1.807) is 6.92 Å². The summed E-state index contributed by atoms with van der Waals surface area (Å²) in [5.74, 6) is 0.0596. The maximum atomic E-state index is 11.9. The lowest BCUT2D eigenvalue weighted by Crippen LogP contribution is -2.54. The first-order chi connectivity index (χ1) is 10.1. The average Bonchev–Trinajstić information content (AvgIpc) is 3.15. The maximum Gasteiger partial charge on any atom is 0.244 e. The molecule has 0 aliphatic carbocycles. The predicted octanol–water partition coefficient (Wildman–Crippen LogP) is -0.349. The third-order valence-corrected chi connectivity index (χ3v) is 3.89. The second-order valence-electron chi connectivity index (χ2n) is 4.65. The molecule has 2 aromatic heterocycles. The van der Waals surface area contributed by atoms with Gasteiger partial charge in [0.25, 0.3) is 0 Å². The summed E-state index contributed by atoms with van der Waals surface area (Å²) in [5, 5.41) is 36.8. The SMILES string of the molecule is CCC(CO)(CO)NC(=O)Cn1nnc(-c2ccsc2)n1. The highest BCUT2D eigenvalue weighted by Gasteiger charge is 2.28. The first kappa shape index (κ1) is 15.5. The number of rotatable bonds is 7. The van der Waals surface area contributed by atoms with Crippen LogP contribution in [0.15, 0.2) is 16.8 Å².